The number of para-hydroxylation sites is 1. The minimum atomic E-state index is -0.773. The van der Waals surface area contributed by atoms with Crippen LogP contribution in [0.2, 0.25) is 0 Å². The van der Waals surface area contributed by atoms with E-state index in [1.54, 1.807) is 42.5 Å². The molecule has 1 unspecified atom stereocenters. The normalized spacial score (nSPS) is 15.3. The predicted octanol–water partition coefficient (Wildman–Crippen LogP) is 2.24. The van der Waals surface area contributed by atoms with Gasteiger partial charge >= 0.3 is 12.0 Å². The molecular weight excluding hydrogens is 386 g/mol. The summed E-state index contributed by atoms with van der Waals surface area (Å²) in [6.45, 7) is 2.51. The van der Waals surface area contributed by atoms with Crippen LogP contribution >= 0.6 is 0 Å². The lowest BCUT2D eigenvalue weighted by molar-refractivity contribution is -0.127. The monoisotopic (exact) mass is 409 g/mol. The Morgan fingerprint density at radius 2 is 1.93 bits per heavy atom. The fourth-order valence-corrected chi connectivity index (χ4v) is 2.89. The molecule has 2 aromatic carbocycles. The zero-order chi connectivity index (χ0) is 21.5. The van der Waals surface area contributed by atoms with E-state index in [9.17, 15) is 14.4 Å². The number of hydrazone groups is 1. The lowest BCUT2D eigenvalue weighted by Crippen LogP contribution is -2.39. The first-order valence-corrected chi connectivity index (χ1v) is 9.56. The van der Waals surface area contributed by atoms with Crippen molar-refractivity contribution in [2.24, 2.45) is 10.8 Å². The van der Waals surface area contributed by atoms with Gasteiger partial charge in [0.25, 0.3) is 0 Å². The first-order valence-electron chi connectivity index (χ1n) is 9.56. The summed E-state index contributed by atoms with van der Waals surface area (Å²) in [6, 6.07) is 14.3. The van der Waals surface area contributed by atoms with Gasteiger partial charge in [0.2, 0.25) is 5.91 Å². The van der Waals surface area contributed by atoms with E-state index in [2.05, 4.69) is 15.7 Å². The molecule has 0 aromatic heterocycles. The lowest BCUT2D eigenvalue weighted by Gasteiger charge is -2.20. The first kappa shape index (κ1) is 20.8. The molecule has 30 heavy (non-hydrogen) atoms. The predicted molar refractivity (Wildman–Crippen MR) is 113 cm³/mol. The molecule has 9 heteroatoms. The number of carbonyl (C=O) groups is 3. The fourth-order valence-electron chi connectivity index (χ4n) is 2.89. The maximum absolute atomic E-state index is 12.6. The van der Waals surface area contributed by atoms with E-state index < -0.39 is 17.9 Å². The van der Waals surface area contributed by atoms with Crippen molar-refractivity contribution in [1.29, 1.82) is 0 Å². The van der Waals surface area contributed by atoms with Crippen LogP contribution in [0, 0.1) is 0 Å². The second-order valence-corrected chi connectivity index (χ2v) is 6.65. The van der Waals surface area contributed by atoms with Gasteiger partial charge in [0, 0.05) is 24.7 Å². The summed E-state index contributed by atoms with van der Waals surface area (Å²) < 4.78 is 5.39. The van der Waals surface area contributed by atoms with E-state index in [1.807, 2.05) is 13.0 Å². The Labute approximate surface area is 173 Å². The van der Waals surface area contributed by atoms with E-state index >= 15 is 0 Å². The highest BCUT2D eigenvalue weighted by molar-refractivity contribution is 6.38. The summed E-state index contributed by atoms with van der Waals surface area (Å²) in [5.74, 6) is -1.04. The van der Waals surface area contributed by atoms with Crippen LogP contribution in [0.25, 0.3) is 0 Å². The van der Waals surface area contributed by atoms with Crippen LogP contribution in [0.15, 0.2) is 59.7 Å². The van der Waals surface area contributed by atoms with Crippen molar-refractivity contribution in [3.8, 4) is 5.75 Å². The largest absolute Gasteiger partial charge is 0.422 e. The number of hydrogen-bond acceptors (Lipinski definition) is 6. The summed E-state index contributed by atoms with van der Waals surface area (Å²) in [7, 11) is 0. The highest BCUT2D eigenvalue weighted by Crippen LogP contribution is 2.25. The summed E-state index contributed by atoms with van der Waals surface area (Å²) in [5.41, 5.74) is 6.70. The van der Waals surface area contributed by atoms with Gasteiger partial charge in [0.15, 0.2) is 0 Å². The third-order valence-electron chi connectivity index (χ3n) is 4.33. The van der Waals surface area contributed by atoms with Gasteiger partial charge in [-0.25, -0.2) is 9.59 Å². The van der Waals surface area contributed by atoms with Crippen LogP contribution in [0.4, 0.5) is 16.2 Å². The third kappa shape index (κ3) is 5.13. The van der Waals surface area contributed by atoms with Gasteiger partial charge in [-0.3, -0.25) is 9.80 Å². The number of nitrogens with two attached hydrogens (primary N) is 1. The number of nitrogens with zero attached hydrogens (tertiary/aromatic N) is 2. The molecule has 156 valence electrons. The Morgan fingerprint density at radius 1 is 1.17 bits per heavy atom. The van der Waals surface area contributed by atoms with E-state index in [0.29, 0.717) is 17.9 Å². The molecule has 0 saturated carbocycles. The first-order chi connectivity index (χ1) is 14.5. The molecule has 3 rings (SSSR count). The number of benzene rings is 2. The van der Waals surface area contributed by atoms with Crippen molar-refractivity contribution in [1.82, 2.24) is 5.32 Å². The van der Waals surface area contributed by atoms with E-state index in [-0.39, 0.29) is 23.9 Å². The Kier molecular flexibility index (Phi) is 6.63. The topological polar surface area (TPSA) is 126 Å². The molecule has 0 aliphatic carbocycles. The number of rotatable bonds is 7. The zero-order valence-corrected chi connectivity index (χ0v) is 16.5. The molecule has 0 fully saturated rings. The third-order valence-corrected chi connectivity index (χ3v) is 4.33. The number of ether oxygens (including phenoxy) is 1. The Morgan fingerprint density at radius 3 is 2.63 bits per heavy atom. The zero-order valence-electron chi connectivity index (χ0n) is 16.5. The number of primary amides is 1. The van der Waals surface area contributed by atoms with Gasteiger partial charge < -0.3 is 21.1 Å². The maximum atomic E-state index is 12.6. The van der Waals surface area contributed by atoms with E-state index in [0.717, 1.165) is 6.42 Å². The van der Waals surface area contributed by atoms with Crippen molar-refractivity contribution in [2.75, 3.05) is 16.9 Å². The number of carbonyl (C=O) groups excluding carboxylic acids is 3. The van der Waals surface area contributed by atoms with Crippen molar-refractivity contribution in [3.63, 3.8) is 0 Å². The van der Waals surface area contributed by atoms with Crippen LogP contribution in [0.3, 0.4) is 0 Å². The molecule has 3 amide bonds. The minimum absolute atomic E-state index is 0.0421. The average Bonchev–Trinajstić information content (AvgIpc) is 3.19. The van der Waals surface area contributed by atoms with Gasteiger partial charge in [-0.15, -0.1) is 0 Å². The number of urea groups is 1. The molecule has 1 aliphatic heterocycles. The Bertz CT molecular complexity index is 961. The molecule has 4 N–H and O–H groups in total. The van der Waals surface area contributed by atoms with Gasteiger partial charge in [0.05, 0.1) is 5.69 Å². The summed E-state index contributed by atoms with van der Waals surface area (Å²) in [5, 5.41) is 11.0. The standard InChI is InChI=1S/C21H23N5O4/c1-2-11-23-21(29)24-14-7-6-10-16(12-14)30-20(28)17-13-18(19(22)27)26(25-17)15-8-4-3-5-9-15/h3-10,12,18H,2,11,13H2,1H3,(H2,22,27)(H2,23,24,29). The molecule has 0 radical (unpaired) electrons. The smallest absolute Gasteiger partial charge is 0.359 e. The number of hydrogen-bond donors (Lipinski definition) is 3. The second-order valence-electron chi connectivity index (χ2n) is 6.65. The SMILES string of the molecule is CCCNC(=O)Nc1cccc(OC(=O)C2=NN(c3ccccc3)C(C(N)=O)C2)c1. The highest BCUT2D eigenvalue weighted by atomic mass is 16.5. The van der Waals surface area contributed by atoms with Gasteiger partial charge in [-0.05, 0) is 30.7 Å². The van der Waals surface area contributed by atoms with Crippen molar-refractivity contribution < 1.29 is 19.1 Å². The fraction of sp³-hybridized carbons (Fsp3) is 0.238. The number of nitrogens with one attached hydrogen (secondary N) is 2. The van der Waals surface area contributed by atoms with Crippen LogP contribution < -0.4 is 26.1 Å². The molecule has 0 spiro atoms. The number of amides is 3. The number of anilines is 2. The molecule has 1 heterocycles. The van der Waals surface area contributed by atoms with Crippen molar-refractivity contribution in [2.45, 2.75) is 25.8 Å². The van der Waals surface area contributed by atoms with Crippen LogP contribution in [0.1, 0.15) is 19.8 Å². The minimum Gasteiger partial charge on any atom is -0.422 e. The summed E-state index contributed by atoms with van der Waals surface area (Å²) in [4.78, 5) is 36.2. The molecule has 1 aliphatic rings. The van der Waals surface area contributed by atoms with Gasteiger partial charge in [-0.2, -0.15) is 5.10 Å². The maximum Gasteiger partial charge on any atom is 0.359 e. The van der Waals surface area contributed by atoms with Gasteiger partial charge in [-0.1, -0.05) is 31.2 Å². The Balaban J connectivity index is 1.70. The van der Waals surface area contributed by atoms with E-state index in [1.165, 1.54) is 11.1 Å². The summed E-state index contributed by atoms with van der Waals surface area (Å²) in [6.07, 6.45) is 0.861. The summed E-state index contributed by atoms with van der Waals surface area (Å²) >= 11 is 0. The van der Waals surface area contributed by atoms with Crippen LogP contribution in [0.5, 0.6) is 5.75 Å². The van der Waals surface area contributed by atoms with Gasteiger partial charge in [0.1, 0.15) is 17.5 Å². The average molecular weight is 409 g/mol. The molecule has 2 aromatic rings. The van der Waals surface area contributed by atoms with E-state index in [4.69, 9.17) is 10.5 Å². The molecule has 9 nitrogen and oxygen atoms in total. The quantitative estimate of drug-likeness (QED) is 0.478. The molecular formula is C21H23N5O4. The second kappa shape index (κ2) is 9.55. The molecule has 0 bridgehead atoms. The van der Waals surface area contributed by atoms with Crippen LogP contribution in [-0.2, 0) is 9.59 Å². The lowest BCUT2D eigenvalue weighted by atomic mass is 10.1. The molecule has 1 atom stereocenters. The van der Waals surface area contributed by atoms with Crippen molar-refractivity contribution >= 4 is 35.0 Å². The highest BCUT2D eigenvalue weighted by Gasteiger charge is 2.35. The van der Waals surface area contributed by atoms with Crippen molar-refractivity contribution in [3.05, 3.63) is 54.6 Å². The van der Waals surface area contributed by atoms with Crippen LogP contribution in [-0.4, -0.2) is 36.2 Å². The number of esters is 1. The Hall–Kier alpha value is -3.88. The molecule has 0 saturated heterocycles.